The molecule has 2 bridgehead atoms. The third kappa shape index (κ3) is 9.82. The third-order valence-corrected chi connectivity index (χ3v) is 8.66. The van der Waals surface area contributed by atoms with E-state index < -0.39 is 26.2 Å². The van der Waals surface area contributed by atoms with E-state index in [0.29, 0.717) is 44.7 Å². The highest BCUT2D eigenvalue weighted by molar-refractivity contribution is 8.17. The molecule has 0 aromatic heterocycles. The molecule has 2 aliphatic rings. The van der Waals surface area contributed by atoms with Gasteiger partial charge in [-0.3, -0.25) is 18.9 Å². The van der Waals surface area contributed by atoms with E-state index in [9.17, 15) is 19.3 Å². The van der Waals surface area contributed by atoms with Crippen LogP contribution in [-0.4, -0.2) is 54.0 Å². The first-order valence-corrected chi connectivity index (χ1v) is 16.8. The van der Waals surface area contributed by atoms with Crippen molar-refractivity contribution in [1.82, 2.24) is 10.7 Å². The molecule has 2 aromatic rings. The van der Waals surface area contributed by atoms with Crippen LogP contribution >= 0.6 is 19.9 Å². The molecule has 0 saturated heterocycles. The number of hydrogen-bond donors (Lipinski definition) is 3. The Morgan fingerprint density at radius 3 is 2.38 bits per heavy atom. The van der Waals surface area contributed by atoms with Crippen LogP contribution in [0, 0.1) is 5.92 Å². The standard InChI is InChI=1S/C32H37N6O7PS/c1-18(2)17-44-31(40)21(5)37-38-46(42)45-24-13-11-23(12-14-24)43-16-15-25(47-32(41)22-9-7-6-8-10-22)19(3)30(39)35-27-26-20(4)34-29(27)36-28(26)33/h6-14,18,21,27,37H,15-17H2,1-5H3,(H,35,39)(H2,33,34,36)/b25-19-/t21-,27-/m0/s1. The second-order valence-corrected chi connectivity index (χ2v) is 13.0. The summed E-state index contributed by atoms with van der Waals surface area (Å²) < 4.78 is 16.3. The normalized spacial score (nSPS) is 16.7. The topological polar surface area (TPSA) is 189 Å². The Hall–Kier alpha value is -4.36. The summed E-state index contributed by atoms with van der Waals surface area (Å²) >= 11 is 0.973. The van der Waals surface area contributed by atoms with Crippen LogP contribution in [0.5, 0.6) is 11.5 Å². The Morgan fingerprint density at radius 1 is 1.06 bits per heavy atom. The number of nitrogens with two attached hydrogens (primary N) is 1. The lowest BCUT2D eigenvalue weighted by Crippen LogP contribution is -2.39. The lowest BCUT2D eigenvalue weighted by Gasteiger charge is -2.15. The number of aliphatic imine (C=N–C) groups is 2. The van der Waals surface area contributed by atoms with Gasteiger partial charge in [0, 0.05) is 38.6 Å². The summed E-state index contributed by atoms with van der Waals surface area (Å²) in [4.78, 5) is 63.4. The molecule has 15 heteroatoms. The fourth-order valence-corrected chi connectivity index (χ4v) is 5.85. The second-order valence-electron chi connectivity index (χ2n) is 11.0. The van der Waals surface area contributed by atoms with Crippen molar-refractivity contribution >= 4 is 48.6 Å². The number of nitrogens with one attached hydrogen (secondary N) is 2. The van der Waals surface area contributed by atoms with E-state index in [-0.39, 0.29) is 42.3 Å². The van der Waals surface area contributed by atoms with E-state index >= 15 is 0 Å². The summed E-state index contributed by atoms with van der Waals surface area (Å²) in [6.07, 6.45) is 0.265. The number of carbonyl (C=O) groups excluding carboxylic acids is 3. The van der Waals surface area contributed by atoms with Crippen LogP contribution in [0.25, 0.3) is 0 Å². The average molecular weight is 681 g/mol. The number of ether oxygens (including phenoxy) is 2. The number of nitrogens with zero attached hydrogens (tertiary/aromatic N) is 3. The quantitative estimate of drug-likeness (QED) is 0.107. The van der Waals surface area contributed by atoms with Gasteiger partial charge in [0.1, 0.15) is 23.7 Å². The highest BCUT2D eigenvalue weighted by atomic mass is 32.2. The molecular formula is C32H37N6O7PS. The van der Waals surface area contributed by atoms with Crippen LogP contribution in [0.4, 0.5) is 0 Å². The molecule has 13 nitrogen and oxygen atoms in total. The molecule has 248 valence electrons. The number of thioether (sulfide) groups is 1. The summed E-state index contributed by atoms with van der Waals surface area (Å²) in [5, 5.41) is 2.73. The molecule has 0 spiro atoms. The van der Waals surface area contributed by atoms with Gasteiger partial charge in [0.15, 0.2) is 11.6 Å². The van der Waals surface area contributed by atoms with Crippen molar-refractivity contribution < 1.29 is 33.3 Å². The first kappa shape index (κ1) is 35.5. The second kappa shape index (κ2) is 16.5. The highest BCUT2D eigenvalue weighted by Gasteiger charge is 2.37. The molecular weight excluding hydrogens is 643 g/mol. The van der Waals surface area contributed by atoms with Crippen LogP contribution in [-0.2, 0) is 14.3 Å². The maximum Gasteiger partial charge on any atom is 0.412 e. The molecule has 0 aliphatic carbocycles. The van der Waals surface area contributed by atoms with Gasteiger partial charge < -0.3 is 25.4 Å². The van der Waals surface area contributed by atoms with Crippen LogP contribution < -0.4 is 30.6 Å². The maximum atomic E-state index is 13.3. The van der Waals surface area contributed by atoms with Crippen molar-refractivity contribution in [2.24, 2.45) is 26.5 Å². The number of amides is 1. The van der Waals surface area contributed by atoms with E-state index in [4.69, 9.17) is 19.7 Å². The van der Waals surface area contributed by atoms with Gasteiger partial charge in [0.2, 0.25) is 11.0 Å². The lowest BCUT2D eigenvalue weighted by molar-refractivity contribution is -0.169. The van der Waals surface area contributed by atoms with Crippen molar-refractivity contribution in [2.75, 3.05) is 13.2 Å². The number of fused-ring (bicyclic) bond motifs is 2. The van der Waals surface area contributed by atoms with E-state index in [0.717, 1.165) is 11.8 Å². The molecule has 0 fully saturated rings. The fraction of sp³-hybridized carbons (Fsp3) is 0.344. The van der Waals surface area contributed by atoms with Gasteiger partial charge in [-0.1, -0.05) is 55.9 Å². The van der Waals surface area contributed by atoms with E-state index in [1.54, 1.807) is 62.4 Å². The molecule has 1 amide bonds. The molecule has 47 heavy (non-hydrogen) atoms. The summed E-state index contributed by atoms with van der Waals surface area (Å²) in [5.41, 5.74) is 10.7. The minimum atomic E-state index is -2.51. The zero-order chi connectivity index (χ0) is 34.1. The SMILES string of the molecule is CC1=C2C(N)=NC(=N1)[C@H]2NC(=O)/C(C)=C(/CCOc1ccc(O/[P+]([O-])=N/N[C@@H](C)C(=O)OCC(C)C)cc1)SC(=O)c1ccccc1. The van der Waals surface area contributed by atoms with Crippen molar-refractivity contribution in [1.29, 1.82) is 0 Å². The summed E-state index contributed by atoms with van der Waals surface area (Å²) in [7, 11) is -2.51. The van der Waals surface area contributed by atoms with E-state index in [1.807, 2.05) is 26.8 Å². The molecule has 2 heterocycles. The van der Waals surface area contributed by atoms with Crippen molar-refractivity contribution in [3.8, 4) is 11.5 Å². The number of allylic oxidation sites excluding steroid dienone is 1. The van der Waals surface area contributed by atoms with Crippen LogP contribution in [0.2, 0.25) is 0 Å². The smallest absolute Gasteiger partial charge is 0.412 e. The number of carbonyl (C=O) groups is 3. The van der Waals surface area contributed by atoms with Gasteiger partial charge in [-0.25, -0.2) is 9.98 Å². The Bertz CT molecular complexity index is 1660. The van der Waals surface area contributed by atoms with Gasteiger partial charge in [-0.2, -0.15) is 5.43 Å². The summed E-state index contributed by atoms with van der Waals surface area (Å²) in [5.74, 6) is 0.848. The number of rotatable bonds is 15. The predicted molar refractivity (Wildman–Crippen MR) is 180 cm³/mol. The van der Waals surface area contributed by atoms with Gasteiger partial charge in [0.05, 0.1) is 13.2 Å². The first-order valence-electron chi connectivity index (χ1n) is 14.9. The fourth-order valence-electron chi connectivity index (χ4n) is 4.33. The number of amidine groups is 2. The molecule has 4 N–H and O–H groups in total. The number of esters is 1. The van der Waals surface area contributed by atoms with Gasteiger partial charge in [0.25, 0.3) is 0 Å². The zero-order valence-electron chi connectivity index (χ0n) is 26.7. The van der Waals surface area contributed by atoms with Gasteiger partial charge in [-0.05, 0) is 51.0 Å². The molecule has 0 saturated carbocycles. The molecule has 4 rings (SSSR count). The number of hydrogen-bond acceptors (Lipinski definition) is 12. The van der Waals surface area contributed by atoms with E-state index in [2.05, 4.69) is 25.6 Å². The van der Waals surface area contributed by atoms with Crippen LogP contribution in [0.1, 0.15) is 51.4 Å². The Morgan fingerprint density at radius 2 is 1.74 bits per heavy atom. The Kier molecular flexibility index (Phi) is 12.4. The largest absolute Gasteiger partial charge is 0.574 e. The Balaban J connectivity index is 1.35. The minimum Gasteiger partial charge on any atom is -0.574 e. The molecule has 2 aromatic carbocycles. The average Bonchev–Trinajstić information content (AvgIpc) is 3.52. The van der Waals surface area contributed by atoms with Crippen LogP contribution in [0.3, 0.4) is 0 Å². The van der Waals surface area contributed by atoms with E-state index in [1.165, 1.54) is 0 Å². The predicted octanol–water partition coefficient (Wildman–Crippen LogP) is 4.17. The lowest BCUT2D eigenvalue weighted by atomic mass is 10.1. The maximum absolute atomic E-state index is 13.3. The molecule has 2 aliphatic heterocycles. The first-order chi connectivity index (χ1) is 22.4. The van der Waals surface area contributed by atoms with Gasteiger partial charge in [-0.15, -0.1) is 0 Å². The van der Waals surface area contributed by atoms with Crippen molar-refractivity contribution in [3.63, 3.8) is 0 Å². The van der Waals surface area contributed by atoms with Crippen LogP contribution in [0.15, 0.2) is 91.2 Å². The van der Waals surface area contributed by atoms with Crippen molar-refractivity contribution in [2.45, 2.75) is 53.1 Å². The molecule has 1 unspecified atom stereocenters. The minimum absolute atomic E-state index is 0.157. The number of benzene rings is 2. The van der Waals surface area contributed by atoms with Crippen molar-refractivity contribution in [3.05, 3.63) is 81.9 Å². The highest BCUT2D eigenvalue weighted by Crippen LogP contribution is 2.31. The molecule has 0 radical (unpaired) electrons. The van der Waals surface area contributed by atoms with Gasteiger partial charge >= 0.3 is 14.1 Å². The summed E-state index contributed by atoms with van der Waals surface area (Å²) in [6, 6.07) is 13.9. The monoisotopic (exact) mass is 680 g/mol. The third-order valence-electron chi connectivity index (χ3n) is 6.84. The molecule has 3 atom stereocenters. The Labute approximate surface area is 278 Å². The summed E-state index contributed by atoms with van der Waals surface area (Å²) in [6.45, 7) is 9.29. The zero-order valence-corrected chi connectivity index (χ0v) is 28.4.